The molecule has 1 atom stereocenters. The summed E-state index contributed by atoms with van der Waals surface area (Å²) in [4.78, 5) is 11.3. The molecular weight excluding hydrogens is 249 g/mol. The average molecular weight is 270 g/mol. The molecule has 0 aromatic heterocycles. The molecule has 0 radical (unpaired) electrons. The van der Waals surface area contributed by atoms with Crippen LogP contribution in [-0.2, 0) is 4.79 Å². The van der Waals surface area contributed by atoms with Crippen molar-refractivity contribution in [1.29, 1.82) is 0 Å². The summed E-state index contributed by atoms with van der Waals surface area (Å²) in [6.45, 7) is 0.650. The summed E-state index contributed by atoms with van der Waals surface area (Å²) >= 11 is 11.0. The Morgan fingerprint density at radius 2 is 1.88 bits per heavy atom. The van der Waals surface area contributed by atoms with Gasteiger partial charge in [0.2, 0.25) is 5.91 Å². The number of aliphatic hydroxyl groups excluding tert-OH is 1. The van der Waals surface area contributed by atoms with Gasteiger partial charge in [0.1, 0.15) is 0 Å². The predicted molar refractivity (Wildman–Crippen MR) is 68.2 cm³/mol. The molecule has 0 bridgehead atoms. The fourth-order valence-corrected chi connectivity index (χ4v) is 1.70. The maximum atomic E-state index is 11.3. The molecule has 96 valence electrons. The van der Waals surface area contributed by atoms with Crippen molar-refractivity contribution in [2.75, 3.05) is 18.3 Å². The molecule has 0 aromatic rings. The highest BCUT2D eigenvalue weighted by Gasteiger charge is 2.04. The molecule has 0 rings (SSSR count). The Kier molecular flexibility index (Phi) is 11.5. The highest BCUT2D eigenvalue weighted by molar-refractivity contribution is 6.18. The van der Waals surface area contributed by atoms with Crippen molar-refractivity contribution < 1.29 is 9.90 Å². The van der Waals surface area contributed by atoms with Crippen LogP contribution in [0.5, 0.6) is 0 Å². The van der Waals surface area contributed by atoms with Crippen LogP contribution in [0.1, 0.15) is 38.5 Å². The molecule has 16 heavy (non-hydrogen) atoms. The smallest absolute Gasteiger partial charge is 0.219 e. The molecule has 0 fully saturated rings. The summed E-state index contributed by atoms with van der Waals surface area (Å²) in [5.74, 6) is 1.13. The number of alkyl halides is 2. The van der Waals surface area contributed by atoms with Gasteiger partial charge in [0.15, 0.2) is 0 Å². The van der Waals surface area contributed by atoms with Crippen molar-refractivity contribution in [3.63, 3.8) is 0 Å². The van der Waals surface area contributed by atoms with Crippen molar-refractivity contribution >= 4 is 29.1 Å². The van der Waals surface area contributed by atoms with E-state index in [4.69, 9.17) is 23.2 Å². The normalized spacial score (nSPS) is 12.4. The van der Waals surface area contributed by atoms with Crippen molar-refractivity contribution in [3.05, 3.63) is 0 Å². The van der Waals surface area contributed by atoms with Gasteiger partial charge in [-0.1, -0.05) is 6.42 Å². The first kappa shape index (κ1) is 16.0. The summed E-state index contributed by atoms with van der Waals surface area (Å²) in [5, 5.41) is 12.2. The first-order chi connectivity index (χ1) is 7.70. The molecule has 1 unspecified atom stereocenters. The standard InChI is InChI=1S/C11H21Cl2NO2/c12-7-3-9-14-11(16)5-2-1-4-10(15)6-8-13/h10,15H,1-9H2,(H,14,16). The molecular formula is C11H21Cl2NO2. The summed E-state index contributed by atoms with van der Waals surface area (Å²) in [6, 6.07) is 0. The summed E-state index contributed by atoms with van der Waals surface area (Å²) < 4.78 is 0. The molecule has 1 amide bonds. The average Bonchev–Trinajstić information content (AvgIpc) is 2.25. The van der Waals surface area contributed by atoms with Crippen molar-refractivity contribution in [2.45, 2.75) is 44.6 Å². The van der Waals surface area contributed by atoms with E-state index in [0.29, 0.717) is 31.1 Å². The Hall–Kier alpha value is 0.01000. The van der Waals surface area contributed by atoms with E-state index in [1.807, 2.05) is 0 Å². The first-order valence-electron chi connectivity index (χ1n) is 5.77. The number of carbonyl (C=O) groups excluding carboxylic acids is 1. The van der Waals surface area contributed by atoms with Crippen LogP contribution in [0.2, 0.25) is 0 Å². The maximum absolute atomic E-state index is 11.3. The van der Waals surface area contributed by atoms with Gasteiger partial charge in [-0.2, -0.15) is 0 Å². The van der Waals surface area contributed by atoms with Crippen LogP contribution >= 0.6 is 23.2 Å². The van der Waals surface area contributed by atoms with Gasteiger partial charge in [-0.15, -0.1) is 23.2 Å². The van der Waals surface area contributed by atoms with Gasteiger partial charge in [0.05, 0.1) is 6.10 Å². The van der Waals surface area contributed by atoms with Crippen LogP contribution in [0.15, 0.2) is 0 Å². The highest BCUT2D eigenvalue weighted by Crippen LogP contribution is 2.07. The largest absolute Gasteiger partial charge is 0.393 e. The Bertz CT molecular complexity index is 179. The molecule has 0 spiro atoms. The molecule has 0 aliphatic heterocycles. The zero-order chi connectivity index (χ0) is 12.2. The molecule has 3 nitrogen and oxygen atoms in total. The molecule has 0 saturated carbocycles. The van der Waals surface area contributed by atoms with Crippen LogP contribution < -0.4 is 5.32 Å². The minimum atomic E-state index is -0.322. The van der Waals surface area contributed by atoms with Gasteiger partial charge in [-0.25, -0.2) is 0 Å². The summed E-state index contributed by atoms with van der Waals surface area (Å²) in [5.41, 5.74) is 0. The van der Waals surface area contributed by atoms with Crippen LogP contribution in [0.3, 0.4) is 0 Å². The molecule has 2 N–H and O–H groups in total. The van der Waals surface area contributed by atoms with Crippen molar-refractivity contribution in [2.24, 2.45) is 0 Å². The molecule has 0 aliphatic rings. The van der Waals surface area contributed by atoms with E-state index in [-0.39, 0.29) is 12.0 Å². The van der Waals surface area contributed by atoms with Crippen LogP contribution in [0.4, 0.5) is 0 Å². The zero-order valence-corrected chi connectivity index (χ0v) is 11.1. The summed E-state index contributed by atoms with van der Waals surface area (Å²) in [7, 11) is 0. The molecule has 0 aliphatic carbocycles. The quantitative estimate of drug-likeness (QED) is 0.472. The fourth-order valence-electron chi connectivity index (χ4n) is 1.32. The van der Waals surface area contributed by atoms with Gasteiger partial charge < -0.3 is 10.4 Å². The zero-order valence-electron chi connectivity index (χ0n) is 9.55. The maximum Gasteiger partial charge on any atom is 0.219 e. The second-order valence-corrected chi connectivity index (χ2v) is 4.53. The van der Waals surface area contributed by atoms with Crippen LogP contribution in [0.25, 0.3) is 0 Å². The van der Waals surface area contributed by atoms with Crippen LogP contribution in [0, 0.1) is 0 Å². The highest BCUT2D eigenvalue weighted by atomic mass is 35.5. The van der Waals surface area contributed by atoms with E-state index in [2.05, 4.69) is 5.32 Å². The van der Waals surface area contributed by atoms with Gasteiger partial charge in [0, 0.05) is 24.7 Å². The topological polar surface area (TPSA) is 49.3 Å². The fraction of sp³-hybridized carbons (Fsp3) is 0.909. The molecule has 0 saturated heterocycles. The number of hydrogen-bond acceptors (Lipinski definition) is 2. The van der Waals surface area contributed by atoms with E-state index >= 15 is 0 Å². The molecule has 0 aromatic carbocycles. The number of aliphatic hydroxyl groups is 1. The lowest BCUT2D eigenvalue weighted by Gasteiger charge is -2.08. The molecule has 0 heterocycles. The van der Waals surface area contributed by atoms with E-state index < -0.39 is 0 Å². The van der Waals surface area contributed by atoms with Crippen LogP contribution in [-0.4, -0.2) is 35.4 Å². The lowest BCUT2D eigenvalue weighted by molar-refractivity contribution is -0.121. The third-order valence-electron chi connectivity index (χ3n) is 2.27. The number of unbranched alkanes of at least 4 members (excludes halogenated alkanes) is 1. The summed E-state index contributed by atoms with van der Waals surface area (Å²) in [6.07, 6.45) is 4.03. The van der Waals surface area contributed by atoms with Gasteiger partial charge in [-0.05, 0) is 25.7 Å². The minimum Gasteiger partial charge on any atom is -0.393 e. The minimum absolute atomic E-state index is 0.0666. The van der Waals surface area contributed by atoms with E-state index in [0.717, 1.165) is 25.7 Å². The van der Waals surface area contributed by atoms with E-state index in [9.17, 15) is 9.90 Å². The number of amides is 1. The van der Waals surface area contributed by atoms with E-state index in [1.165, 1.54) is 0 Å². The second-order valence-electron chi connectivity index (χ2n) is 3.77. The second kappa shape index (κ2) is 11.5. The Balaban J connectivity index is 3.27. The predicted octanol–water partition coefficient (Wildman–Crippen LogP) is 2.28. The molecule has 5 heteroatoms. The van der Waals surface area contributed by atoms with Crippen molar-refractivity contribution in [3.8, 4) is 0 Å². The number of rotatable bonds is 10. The number of nitrogens with one attached hydrogen (secondary N) is 1. The lowest BCUT2D eigenvalue weighted by atomic mass is 10.1. The Morgan fingerprint density at radius 3 is 2.50 bits per heavy atom. The van der Waals surface area contributed by atoms with Gasteiger partial charge in [-0.3, -0.25) is 4.79 Å². The third-order valence-corrected chi connectivity index (χ3v) is 2.75. The van der Waals surface area contributed by atoms with Crippen molar-refractivity contribution in [1.82, 2.24) is 5.32 Å². The first-order valence-corrected chi connectivity index (χ1v) is 6.84. The van der Waals surface area contributed by atoms with E-state index in [1.54, 1.807) is 0 Å². The van der Waals surface area contributed by atoms with Gasteiger partial charge in [0.25, 0.3) is 0 Å². The third kappa shape index (κ3) is 10.5. The Morgan fingerprint density at radius 1 is 1.12 bits per heavy atom. The lowest BCUT2D eigenvalue weighted by Crippen LogP contribution is -2.24. The van der Waals surface area contributed by atoms with Gasteiger partial charge >= 0.3 is 0 Å². The number of halogens is 2. The number of hydrogen-bond donors (Lipinski definition) is 2. The number of carbonyl (C=O) groups is 1. The Labute approximate surface area is 108 Å². The monoisotopic (exact) mass is 269 g/mol. The SMILES string of the molecule is O=C(CCCCC(O)CCCl)NCCCCl.